The van der Waals surface area contributed by atoms with Crippen LogP contribution in [0.3, 0.4) is 0 Å². The van der Waals surface area contributed by atoms with Gasteiger partial charge in [-0.2, -0.15) is 0 Å². The Hall–Kier alpha value is -2.19. The summed E-state index contributed by atoms with van der Waals surface area (Å²) < 4.78 is 0. The summed E-state index contributed by atoms with van der Waals surface area (Å²) in [6, 6.07) is 17.6. The molecular weight excluding hydrogens is 256 g/mol. The Balaban J connectivity index is 1.71. The Labute approximate surface area is 125 Å². The number of rotatable bonds is 4. The summed E-state index contributed by atoms with van der Waals surface area (Å²) in [7, 11) is 0. The molecular formula is C19H20N2. The van der Waals surface area contributed by atoms with Crippen LogP contribution in [0.2, 0.25) is 0 Å². The highest BCUT2D eigenvalue weighted by atomic mass is 14.9. The third-order valence-corrected chi connectivity index (χ3v) is 3.86. The SMILES string of the molecule is Cc1cccc([C@@H](C)NCc2ccc3cnccc3c2)c1. The van der Waals surface area contributed by atoms with E-state index in [-0.39, 0.29) is 0 Å². The summed E-state index contributed by atoms with van der Waals surface area (Å²) in [4.78, 5) is 4.15. The molecule has 0 aliphatic heterocycles. The first-order valence-corrected chi connectivity index (χ1v) is 7.35. The molecule has 3 aromatic rings. The van der Waals surface area contributed by atoms with Crippen LogP contribution >= 0.6 is 0 Å². The standard InChI is InChI=1S/C19H20N2/c1-14-4-3-5-17(10-14)15(2)21-12-16-6-7-19-13-20-9-8-18(19)11-16/h3-11,13,15,21H,12H2,1-2H3/t15-/m1/s1. The molecule has 106 valence electrons. The molecule has 1 N–H and O–H groups in total. The summed E-state index contributed by atoms with van der Waals surface area (Å²) in [5.41, 5.74) is 3.94. The molecule has 2 heteroatoms. The topological polar surface area (TPSA) is 24.9 Å². The number of hydrogen-bond donors (Lipinski definition) is 1. The second-order valence-corrected chi connectivity index (χ2v) is 5.57. The van der Waals surface area contributed by atoms with Crippen LogP contribution in [-0.2, 0) is 6.54 Å². The molecule has 2 aromatic carbocycles. The lowest BCUT2D eigenvalue weighted by molar-refractivity contribution is 0.574. The van der Waals surface area contributed by atoms with Gasteiger partial charge >= 0.3 is 0 Å². The van der Waals surface area contributed by atoms with Gasteiger partial charge in [0.25, 0.3) is 0 Å². The number of nitrogens with zero attached hydrogens (tertiary/aromatic N) is 1. The normalized spacial score (nSPS) is 12.5. The van der Waals surface area contributed by atoms with Gasteiger partial charge in [-0.3, -0.25) is 4.98 Å². The molecule has 1 aromatic heterocycles. The number of aromatic nitrogens is 1. The van der Waals surface area contributed by atoms with Gasteiger partial charge in [0.2, 0.25) is 0 Å². The predicted molar refractivity (Wildman–Crippen MR) is 88.2 cm³/mol. The monoisotopic (exact) mass is 276 g/mol. The zero-order valence-corrected chi connectivity index (χ0v) is 12.5. The van der Waals surface area contributed by atoms with Gasteiger partial charge in [-0.15, -0.1) is 0 Å². The Kier molecular flexibility index (Phi) is 3.98. The van der Waals surface area contributed by atoms with Gasteiger partial charge in [0.15, 0.2) is 0 Å². The highest BCUT2D eigenvalue weighted by Crippen LogP contribution is 2.17. The molecule has 1 heterocycles. The smallest absolute Gasteiger partial charge is 0.0346 e. The predicted octanol–water partition coefficient (Wildman–Crippen LogP) is 4.39. The van der Waals surface area contributed by atoms with Crippen LogP contribution in [0.4, 0.5) is 0 Å². The quantitative estimate of drug-likeness (QED) is 0.764. The number of benzene rings is 2. The lowest BCUT2D eigenvalue weighted by atomic mass is 10.0. The van der Waals surface area contributed by atoms with Gasteiger partial charge in [-0.25, -0.2) is 0 Å². The van der Waals surface area contributed by atoms with E-state index in [2.05, 4.69) is 72.7 Å². The Morgan fingerprint density at radius 3 is 2.81 bits per heavy atom. The first-order chi connectivity index (χ1) is 10.2. The van der Waals surface area contributed by atoms with Crippen LogP contribution in [0.25, 0.3) is 10.8 Å². The van der Waals surface area contributed by atoms with Crippen LogP contribution < -0.4 is 5.32 Å². The lowest BCUT2D eigenvalue weighted by Crippen LogP contribution is -2.18. The maximum Gasteiger partial charge on any atom is 0.0346 e. The van der Waals surface area contributed by atoms with Crippen molar-refractivity contribution in [2.24, 2.45) is 0 Å². The maximum absolute atomic E-state index is 4.15. The summed E-state index contributed by atoms with van der Waals surface area (Å²) in [6.45, 7) is 5.21. The molecule has 0 aliphatic rings. The van der Waals surface area contributed by atoms with Crippen molar-refractivity contribution in [3.63, 3.8) is 0 Å². The van der Waals surface area contributed by atoms with Crippen molar-refractivity contribution < 1.29 is 0 Å². The van der Waals surface area contributed by atoms with Crippen LogP contribution in [0.1, 0.15) is 29.7 Å². The highest BCUT2D eigenvalue weighted by Gasteiger charge is 2.05. The zero-order chi connectivity index (χ0) is 14.7. The number of fused-ring (bicyclic) bond motifs is 1. The van der Waals surface area contributed by atoms with Crippen molar-refractivity contribution in [2.75, 3.05) is 0 Å². The molecule has 2 nitrogen and oxygen atoms in total. The molecule has 1 atom stereocenters. The number of hydrogen-bond acceptors (Lipinski definition) is 2. The van der Waals surface area contributed by atoms with Crippen molar-refractivity contribution in [1.82, 2.24) is 10.3 Å². The van der Waals surface area contributed by atoms with Gasteiger partial charge in [-0.1, -0.05) is 42.0 Å². The van der Waals surface area contributed by atoms with Crippen LogP contribution in [0.5, 0.6) is 0 Å². The first kappa shape index (κ1) is 13.8. The fourth-order valence-electron chi connectivity index (χ4n) is 2.57. The molecule has 3 rings (SSSR count). The molecule has 0 unspecified atom stereocenters. The van der Waals surface area contributed by atoms with E-state index in [9.17, 15) is 0 Å². The van der Waals surface area contributed by atoms with E-state index >= 15 is 0 Å². The van der Waals surface area contributed by atoms with Crippen LogP contribution in [0.15, 0.2) is 60.9 Å². The molecule has 0 radical (unpaired) electrons. The van der Waals surface area contributed by atoms with Crippen molar-refractivity contribution in [3.05, 3.63) is 77.6 Å². The molecule has 0 fully saturated rings. The molecule has 0 saturated carbocycles. The van der Waals surface area contributed by atoms with Gasteiger partial charge in [0.1, 0.15) is 0 Å². The lowest BCUT2D eigenvalue weighted by Gasteiger charge is -2.15. The molecule has 0 aliphatic carbocycles. The minimum atomic E-state index is 0.345. The maximum atomic E-state index is 4.15. The van der Waals surface area contributed by atoms with Crippen LogP contribution in [0, 0.1) is 6.92 Å². The highest BCUT2D eigenvalue weighted by molar-refractivity contribution is 5.81. The number of nitrogens with one attached hydrogen (secondary N) is 1. The van der Waals surface area contributed by atoms with E-state index < -0.39 is 0 Å². The van der Waals surface area contributed by atoms with Gasteiger partial charge in [0, 0.05) is 30.4 Å². The fraction of sp³-hybridized carbons (Fsp3) is 0.211. The van der Waals surface area contributed by atoms with Gasteiger partial charge in [-0.05, 0) is 42.5 Å². The minimum absolute atomic E-state index is 0.345. The molecule has 0 spiro atoms. The summed E-state index contributed by atoms with van der Waals surface area (Å²) in [5.74, 6) is 0. The number of pyridine rings is 1. The fourth-order valence-corrected chi connectivity index (χ4v) is 2.57. The third kappa shape index (κ3) is 3.29. The Morgan fingerprint density at radius 2 is 1.95 bits per heavy atom. The van der Waals surface area contributed by atoms with E-state index in [1.165, 1.54) is 27.5 Å². The second-order valence-electron chi connectivity index (χ2n) is 5.57. The molecule has 0 bridgehead atoms. The van der Waals surface area contributed by atoms with Gasteiger partial charge in [0.05, 0.1) is 0 Å². The van der Waals surface area contributed by atoms with Crippen LogP contribution in [-0.4, -0.2) is 4.98 Å². The first-order valence-electron chi connectivity index (χ1n) is 7.35. The number of aryl methyl sites for hydroxylation is 1. The average Bonchev–Trinajstić information content (AvgIpc) is 2.52. The van der Waals surface area contributed by atoms with Crippen molar-refractivity contribution >= 4 is 10.8 Å². The second kappa shape index (κ2) is 6.06. The molecule has 21 heavy (non-hydrogen) atoms. The molecule has 0 amide bonds. The van der Waals surface area contributed by atoms with Crippen molar-refractivity contribution in [3.8, 4) is 0 Å². The van der Waals surface area contributed by atoms with E-state index in [0.717, 1.165) is 6.54 Å². The van der Waals surface area contributed by atoms with E-state index in [4.69, 9.17) is 0 Å². The molecule has 0 saturated heterocycles. The largest absolute Gasteiger partial charge is 0.306 e. The van der Waals surface area contributed by atoms with Gasteiger partial charge < -0.3 is 5.32 Å². The Bertz CT molecular complexity index is 749. The zero-order valence-electron chi connectivity index (χ0n) is 12.5. The Morgan fingerprint density at radius 1 is 1.05 bits per heavy atom. The van der Waals surface area contributed by atoms with Crippen molar-refractivity contribution in [1.29, 1.82) is 0 Å². The minimum Gasteiger partial charge on any atom is -0.306 e. The summed E-state index contributed by atoms with van der Waals surface area (Å²) in [5, 5.41) is 6.02. The summed E-state index contributed by atoms with van der Waals surface area (Å²) >= 11 is 0. The average molecular weight is 276 g/mol. The summed E-state index contributed by atoms with van der Waals surface area (Å²) in [6.07, 6.45) is 3.75. The van der Waals surface area contributed by atoms with Crippen molar-refractivity contribution in [2.45, 2.75) is 26.4 Å². The van der Waals surface area contributed by atoms with E-state index in [0.29, 0.717) is 6.04 Å². The third-order valence-electron chi connectivity index (χ3n) is 3.86. The van der Waals surface area contributed by atoms with E-state index in [1.54, 1.807) is 0 Å². The van der Waals surface area contributed by atoms with E-state index in [1.807, 2.05) is 12.4 Å².